The maximum absolute atomic E-state index is 11.3. The summed E-state index contributed by atoms with van der Waals surface area (Å²) in [6, 6.07) is 5.51. The summed E-state index contributed by atoms with van der Waals surface area (Å²) in [5, 5.41) is 17.5. The number of para-hydroxylation sites is 1. The van der Waals surface area contributed by atoms with Gasteiger partial charge in [-0.25, -0.2) is 14.4 Å². The third-order valence-electron chi connectivity index (χ3n) is 1.68. The van der Waals surface area contributed by atoms with Crippen molar-refractivity contribution in [1.29, 1.82) is 0 Å². The number of carbonyl (C=O) groups excluding carboxylic acids is 2. The smallest absolute Gasteiger partial charge is 0.349 e. The van der Waals surface area contributed by atoms with E-state index in [1.54, 1.807) is 0 Å². The van der Waals surface area contributed by atoms with Crippen LogP contribution in [0.15, 0.2) is 36.4 Å². The molecule has 0 saturated heterocycles. The second-order valence-corrected chi connectivity index (χ2v) is 2.90. The average molecular weight is 236 g/mol. The number of carboxylic acids is 1. The van der Waals surface area contributed by atoms with Crippen LogP contribution < -0.4 is 0 Å². The molecule has 0 saturated carbocycles. The van der Waals surface area contributed by atoms with Crippen molar-refractivity contribution in [2.75, 3.05) is 0 Å². The van der Waals surface area contributed by atoms with Crippen molar-refractivity contribution in [2.24, 2.45) is 0 Å². The van der Waals surface area contributed by atoms with Gasteiger partial charge in [-0.2, -0.15) is 0 Å². The number of hydrogen-bond donors (Lipinski definition) is 2. The molecule has 0 radical (unpaired) electrons. The van der Waals surface area contributed by atoms with Gasteiger partial charge in [-0.05, 0) is 12.1 Å². The Morgan fingerprint density at radius 1 is 1.12 bits per heavy atom. The fourth-order valence-corrected chi connectivity index (χ4v) is 0.966. The molecule has 17 heavy (non-hydrogen) atoms. The standard InChI is InChI=1S/C11H8O6/c12-8-4-2-1-3-7(8)11(16)17-10(15)6-5-9(13)14/h1-6,12H,(H,13,14)/b6-5+. The predicted octanol–water partition coefficient (Wildman–Crippen LogP) is 0.716. The molecule has 1 aromatic rings. The van der Waals surface area contributed by atoms with Crippen LogP contribution >= 0.6 is 0 Å². The van der Waals surface area contributed by atoms with Gasteiger partial charge in [0.25, 0.3) is 0 Å². The molecule has 1 aromatic carbocycles. The Morgan fingerprint density at radius 2 is 1.76 bits per heavy atom. The van der Waals surface area contributed by atoms with Crippen LogP contribution in [0.2, 0.25) is 0 Å². The second-order valence-electron chi connectivity index (χ2n) is 2.90. The van der Waals surface area contributed by atoms with Gasteiger partial charge < -0.3 is 14.9 Å². The summed E-state index contributed by atoms with van der Waals surface area (Å²) in [6.07, 6.45) is 1.14. The summed E-state index contributed by atoms with van der Waals surface area (Å²) in [5.74, 6) is -3.84. The van der Waals surface area contributed by atoms with Crippen LogP contribution in [0.4, 0.5) is 0 Å². The second kappa shape index (κ2) is 5.45. The number of rotatable bonds is 3. The number of hydrogen-bond acceptors (Lipinski definition) is 5. The Kier molecular flexibility index (Phi) is 3.99. The number of carboxylic acid groups (broad SMARTS) is 1. The zero-order chi connectivity index (χ0) is 12.8. The van der Waals surface area contributed by atoms with Crippen LogP contribution in [0.1, 0.15) is 10.4 Å². The lowest BCUT2D eigenvalue weighted by atomic mass is 10.2. The Hall–Kier alpha value is -2.63. The summed E-state index contributed by atoms with van der Waals surface area (Å²) >= 11 is 0. The zero-order valence-electron chi connectivity index (χ0n) is 8.49. The van der Waals surface area contributed by atoms with Gasteiger partial charge in [0.05, 0.1) is 0 Å². The number of esters is 2. The quantitative estimate of drug-likeness (QED) is 0.455. The van der Waals surface area contributed by atoms with E-state index in [4.69, 9.17) is 5.11 Å². The minimum Gasteiger partial charge on any atom is -0.507 e. The lowest BCUT2D eigenvalue weighted by Crippen LogP contribution is -2.10. The number of aliphatic carboxylic acids is 1. The van der Waals surface area contributed by atoms with E-state index >= 15 is 0 Å². The average Bonchev–Trinajstić information content (AvgIpc) is 2.26. The van der Waals surface area contributed by atoms with Crippen molar-refractivity contribution in [3.63, 3.8) is 0 Å². The Balaban J connectivity index is 2.71. The van der Waals surface area contributed by atoms with Crippen LogP contribution in [-0.2, 0) is 14.3 Å². The van der Waals surface area contributed by atoms with Gasteiger partial charge in [0.15, 0.2) is 0 Å². The molecule has 0 unspecified atom stereocenters. The molecular formula is C11H8O6. The molecule has 6 heteroatoms. The highest BCUT2D eigenvalue weighted by molar-refractivity contribution is 6.02. The van der Waals surface area contributed by atoms with Crippen molar-refractivity contribution in [2.45, 2.75) is 0 Å². The van der Waals surface area contributed by atoms with Gasteiger partial charge in [0.2, 0.25) is 0 Å². The van der Waals surface area contributed by atoms with Crippen LogP contribution in [0.25, 0.3) is 0 Å². The summed E-state index contributed by atoms with van der Waals surface area (Å²) in [4.78, 5) is 32.4. The number of benzene rings is 1. The fourth-order valence-electron chi connectivity index (χ4n) is 0.966. The van der Waals surface area contributed by atoms with Crippen molar-refractivity contribution >= 4 is 17.9 Å². The molecule has 1 rings (SSSR count). The first-order valence-corrected chi connectivity index (χ1v) is 4.46. The van der Waals surface area contributed by atoms with Gasteiger partial charge in [-0.1, -0.05) is 12.1 Å². The summed E-state index contributed by atoms with van der Waals surface area (Å²) in [7, 11) is 0. The summed E-state index contributed by atoms with van der Waals surface area (Å²) < 4.78 is 4.28. The normalized spacial score (nSPS) is 10.1. The Labute approximate surface area is 95.8 Å². The molecule has 2 N–H and O–H groups in total. The molecule has 88 valence electrons. The van der Waals surface area contributed by atoms with E-state index < -0.39 is 17.9 Å². The van der Waals surface area contributed by atoms with Crippen LogP contribution in [0.3, 0.4) is 0 Å². The maximum Gasteiger partial charge on any atom is 0.349 e. The molecule has 0 aromatic heterocycles. The zero-order valence-corrected chi connectivity index (χ0v) is 8.49. The highest BCUT2D eigenvalue weighted by Gasteiger charge is 2.14. The van der Waals surface area contributed by atoms with Crippen molar-refractivity contribution in [3.05, 3.63) is 42.0 Å². The van der Waals surface area contributed by atoms with Gasteiger partial charge >= 0.3 is 17.9 Å². The van der Waals surface area contributed by atoms with E-state index in [9.17, 15) is 19.5 Å². The molecule has 6 nitrogen and oxygen atoms in total. The van der Waals surface area contributed by atoms with Crippen molar-refractivity contribution in [1.82, 2.24) is 0 Å². The lowest BCUT2D eigenvalue weighted by molar-refractivity contribution is -0.134. The first-order valence-electron chi connectivity index (χ1n) is 4.46. The van der Waals surface area contributed by atoms with Crippen molar-refractivity contribution in [3.8, 4) is 5.75 Å². The van der Waals surface area contributed by atoms with E-state index in [2.05, 4.69) is 4.74 Å². The molecule has 0 heterocycles. The largest absolute Gasteiger partial charge is 0.507 e. The third kappa shape index (κ3) is 3.78. The first-order chi connectivity index (χ1) is 8.00. The number of ether oxygens (including phenoxy) is 1. The molecule has 0 aliphatic rings. The number of phenols is 1. The van der Waals surface area contributed by atoms with E-state index in [0.29, 0.717) is 12.2 Å². The van der Waals surface area contributed by atoms with Crippen molar-refractivity contribution < 1.29 is 29.3 Å². The molecule has 0 atom stereocenters. The van der Waals surface area contributed by atoms with Crippen LogP contribution in [0, 0.1) is 0 Å². The van der Waals surface area contributed by atoms with Gasteiger partial charge in [-0.15, -0.1) is 0 Å². The fraction of sp³-hybridized carbons (Fsp3) is 0. The van der Waals surface area contributed by atoms with Crippen LogP contribution in [-0.4, -0.2) is 28.1 Å². The number of aromatic hydroxyl groups is 1. The van der Waals surface area contributed by atoms with Gasteiger partial charge in [0.1, 0.15) is 11.3 Å². The molecule has 0 bridgehead atoms. The molecule has 0 aliphatic carbocycles. The Bertz CT molecular complexity index is 488. The molecule has 0 amide bonds. The molecule has 0 fully saturated rings. The highest BCUT2D eigenvalue weighted by atomic mass is 16.6. The van der Waals surface area contributed by atoms with E-state index in [1.165, 1.54) is 24.3 Å². The lowest BCUT2D eigenvalue weighted by Gasteiger charge is -2.01. The maximum atomic E-state index is 11.3. The van der Waals surface area contributed by atoms with Gasteiger partial charge in [-0.3, -0.25) is 0 Å². The molecular weight excluding hydrogens is 228 g/mol. The van der Waals surface area contributed by atoms with E-state index in [-0.39, 0.29) is 11.3 Å². The predicted molar refractivity (Wildman–Crippen MR) is 55.3 cm³/mol. The summed E-state index contributed by atoms with van der Waals surface area (Å²) in [5.41, 5.74) is -0.176. The van der Waals surface area contributed by atoms with Gasteiger partial charge in [0, 0.05) is 12.2 Å². The van der Waals surface area contributed by atoms with E-state index in [1.807, 2.05) is 0 Å². The minimum absolute atomic E-state index is 0.176. The van der Waals surface area contributed by atoms with E-state index in [0.717, 1.165) is 0 Å². The number of phenolic OH excluding ortho intramolecular Hbond substituents is 1. The SMILES string of the molecule is O=C(O)/C=C/C(=O)OC(=O)c1ccccc1O. The third-order valence-corrected chi connectivity index (χ3v) is 1.68. The molecule has 0 aliphatic heterocycles. The summed E-state index contributed by atoms with van der Waals surface area (Å²) in [6.45, 7) is 0. The number of carbonyl (C=O) groups is 3. The van der Waals surface area contributed by atoms with Crippen LogP contribution in [0.5, 0.6) is 5.75 Å². The Morgan fingerprint density at radius 3 is 2.35 bits per heavy atom. The first kappa shape index (κ1) is 12.4. The minimum atomic E-state index is -1.34. The molecule has 0 spiro atoms. The highest BCUT2D eigenvalue weighted by Crippen LogP contribution is 2.16. The monoisotopic (exact) mass is 236 g/mol. The topological polar surface area (TPSA) is 101 Å².